The zero-order chi connectivity index (χ0) is 19.1. The van der Waals surface area contributed by atoms with Crippen molar-refractivity contribution in [1.29, 1.82) is 5.26 Å². The smallest absolute Gasteiger partial charge is 0.230 e. The highest BCUT2D eigenvalue weighted by atomic mass is 16.5. The quantitative estimate of drug-likeness (QED) is 0.832. The molecule has 1 N–H and O–H groups in total. The highest BCUT2D eigenvalue weighted by molar-refractivity contribution is 5.99. The van der Waals surface area contributed by atoms with E-state index in [-0.39, 0.29) is 17.7 Å². The van der Waals surface area contributed by atoms with E-state index >= 15 is 0 Å². The Balaban J connectivity index is 1.28. The molecule has 0 saturated heterocycles. The van der Waals surface area contributed by atoms with Gasteiger partial charge in [-0.2, -0.15) is 10.2 Å². The molecule has 3 unspecified atom stereocenters. The molecular formula is C22H24N4O2. The number of benzene rings is 1. The highest BCUT2D eigenvalue weighted by Crippen LogP contribution is 2.43. The van der Waals surface area contributed by atoms with Crippen molar-refractivity contribution in [3.63, 3.8) is 0 Å². The molecule has 0 spiro atoms. The fraction of sp³-hybridized carbons (Fsp3) is 0.545. The number of hydrogen-bond donors (Lipinski definition) is 1. The van der Waals surface area contributed by atoms with Crippen molar-refractivity contribution in [1.82, 2.24) is 10.1 Å². The number of nitriles is 1. The molecule has 3 aliphatic rings. The summed E-state index contributed by atoms with van der Waals surface area (Å²) in [5, 5.41) is 16.7. The molecule has 3 atom stereocenters. The standard InChI is InChI=1S/C22H24N4O2/c23-12-18-10-16(6-5-14(18)4-3-13-1-2-13)22-25-21(26-28-22)15-7-8-19-17(9-15)11-20(27)24-19/h7-9,13-14,16,18H,1-6,10-11H2,(H,24,27). The van der Waals surface area contributed by atoms with Gasteiger partial charge in [-0.25, -0.2) is 0 Å². The third-order valence-corrected chi connectivity index (χ3v) is 6.58. The van der Waals surface area contributed by atoms with Gasteiger partial charge in [0.1, 0.15) is 0 Å². The van der Waals surface area contributed by atoms with Crippen molar-refractivity contribution < 1.29 is 9.32 Å². The molecule has 1 amide bonds. The Morgan fingerprint density at radius 1 is 1.21 bits per heavy atom. The normalized spacial score (nSPS) is 26.5. The van der Waals surface area contributed by atoms with E-state index in [4.69, 9.17) is 4.52 Å². The molecule has 144 valence electrons. The van der Waals surface area contributed by atoms with Crippen LogP contribution in [0.2, 0.25) is 0 Å². The number of carbonyl (C=O) groups is 1. The minimum absolute atomic E-state index is 0.0157. The van der Waals surface area contributed by atoms with Crippen LogP contribution in [0.15, 0.2) is 22.7 Å². The lowest BCUT2D eigenvalue weighted by Crippen LogP contribution is -2.23. The van der Waals surface area contributed by atoms with E-state index in [1.165, 1.54) is 25.7 Å². The Kier molecular flexibility index (Phi) is 4.38. The molecule has 2 saturated carbocycles. The lowest BCUT2D eigenvalue weighted by molar-refractivity contribution is -0.115. The Bertz CT molecular complexity index is 940. The molecule has 1 aromatic carbocycles. The van der Waals surface area contributed by atoms with Gasteiger partial charge in [-0.1, -0.05) is 24.4 Å². The van der Waals surface area contributed by atoms with Gasteiger partial charge in [0, 0.05) is 23.1 Å². The van der Waals surface area contributed by atoms with Crippen LogP contribution in [0.5, 0.6) is 0 Å². The van der Waals surface area contributed by atoms with E-state index < -0.39 is 0 Å². The Hall–Kier alpha value is -2.68. The summed E-state index contributed by atoms with van der Waals surface area (Å²) in [5.41, 5.74) is 2.69. The summed E-state index contributed by atoms with van der Waals surface area (Å²) in [6.07, 6.45) is 8.52. The summed E-state index contributed by atoms with van der Waals surface area (Å²) < 4.78 is 5.58. The molecule has 0 radical (unpaired) electrons. The summed E-state index contributed by atoms with van der Waals surface area (Å²) in [5.74, 6) is 2.92. The van der Waals surface area contributed by atoms with Gasteiger partial charge in [-0.3, -0.25) is 4.79 Å². The van der Waals surface area contributed by atoms with Gasteiger partial charge >= 0.3 is 0 Å². The van der Waals surface area contributed by atoms with Gasteiger partial charge in [-0.05, 0) is 61.3 Å². The predicted octanol–water partition coefficient (Wildman–Crippen LogP) is 4.44. The van der Waals surface area contributed by atoms with Gasteiger partial charge in [0.25, 0.3) is 0 Å². The maximum atomic E-state index is 11.5. The topological polar surface area (TPSA) is 91.8 Å². The zero-order valence-electron chi connectivity index (χ0n) is 15.9. The second kappa shape index (κ2) is 7.05. The fourth-order valence-electron chi connectivity index (χ4n) is 4.70. The second-order valence-corrected chi connectivity index (χ2v) is 8.58. The van der Waals surface area contributed by atoms with E-state index in [1.54, 1.807) is 0 Å². The zero-order valence-corrected chi connectivity index (χ0v) is 15.9. The van der Waals surface area contributed by atoms with E-state index in [0.29, 0.717) is 24.1 Å². The molecule has 1 aliphatic heterocycles. The van der Waals surface area contributed by atoms with Gasteiger partial charge in [-0.15, -0.1) is 0 Å². The van der Waals surface area contributed by atoms with Crippen molar-refractivity contribution >= 4 is 11.6 Å². The molecule has 28 heavy (non-hydrogen) atoms. The lowest BCUT2D eigenvalue weighted by atomic mass is 9.72. The summed E-state index contributed by atoms with van der Waals surface area (Å²) in [6, 6.07) is 8.29. The minimum Gasteiger partial charge on any atom is -0.339 e. The SMILES string of the molecule is N#CC1CC(c2nc(-c3ccc4c(c3)CC(=O)N4)no2)CCC1CCC1CC1. The van der Waals surface area contributed by atoms with Crippen molar-refractivity contribution in [3.8, 4) is 17.5 Å². The van der Waals surface area contributed by atoms with Crippen LogP contribution in [-0.2, 0) is 11.2 Å². The average Bonchev–Trinajstić information content (AvgIpc) is 3.26. The van der Waals surface area contributed by atoms with Crippen molar-refractivity contribution in [2.45, 2.75) is 57.3 Å². The van der Waals surface area contributed by atoms with Crippen LogP contribution >= 0.6 is 0 Å². The number of aromatic nitrogens is 2. The number of amides is 1. The average molecular weight is 376 g/mol. The van der Waals surface area contributed by atoms with E-state index in [9.17, 15) is 10.1 Å². The maximum absolute atomic E-state index is 11.5. The van der Waals surface area contributed by atoms with Crippen LogP contribution in [0.3, 0.4) is 0 Å². The molecule has 2 aromatic rings. The van der Waals surface area contributed by atoms with Gasteiger partial charge in [0.2, 0.25) is 17.6 Å². The maximum Gasteiger partial charge on any atom is 0.230 e. The van der Waals surface area contributed by atoms with Crippen LogP contribution in [0.25, 0.3) is 11.4 Å². The first-order chi connectivity index (χ1) is 13.7. The van der Waals surface area contributed by atoms with Crippen molar-refractivity contribution in [2.24, 2.45) is 17.8 Å². The third kappa shape index (κ3) is 3.42. The first-order valence-electron chi connectivity index (χ1n) is 10.4. The Morgan fingerprint density at radius 3 is 2.93 bits per heavy atom. The van der Waals surface area contributed by atoms with Crippen LogP contribution in [0, 0.1) is 29.1 Å². The van der Waals surface area contributed by atoms with Crippen molar-refractivity contribution in [2.75, 3.05) is 5.32 Å². The molecule has 2 fully saturated rings. The monoisotopic (exact) mass is 376 g/mol. The molecular weight excluding hydrogens is 352 g/mol. The number of rotatable bonds is 5. The first-order valence-corrected chi connectivity index (χ1v) is 10.4. The lowest BCUT2D eigenvalue weighted by Gasteiger charge is -2.30. The van der Waals surface area contributed by atoms with Gasteiger partial charge < -0.3 is 9.84 Å². The first kappa shape index (κ1) is 17.4. The number of fused-ring (bicyclic) bond motifs is 1. The molecule has 6 heteroatoms. The fourth-order valence-corrected chi connectivity index (χ4v) is 4.70. The number of hydrogen-bond acceptors (Lipinski definition) is 5. The van der Waals surface area contributed by atoms with Crippen LogP contribution < -0.4 is 5.32 Å². The number of nitrogens with zero attached hydrogens (tertiary/aromatic N) is 3. The molecule has 5 rings (SSSR count). The summed E-state index contributed by atoms with van der Waals surface area (Å²) in [4.78, 5) is 16.2. The van der Waals surface area contributed by atoms with Crippen LogP contribution in [0.1, 0.15) is 62.3 Å². The molecule has 1 aromatic heterocycles. The summed E-state index contributed by atoms with van der Waals surface area (Å²) in [6.45, 7) is 0. The van der Waals surface area contributed by atoms with E-state index in [0.717, 1.165) is 42.0 Å². The Morgan fingerprint density at radius 2 is 2.11 bits per heavy atom. The minimum atomic E-state index is 0.0157. The largest absolute Gasteiger partial charge is 0.339 e. The van der Waals surface area contributed by atoms with Crippen LogP contribution in [-0.4, -0.2) is 16.0 Å². The summed E-state index contributed by atoms with van der Waals surface area (Å²) in [7, 11) is 0. The number of carbonyl (C=O) groups excluding carboxylic acids is 1. The molecule has 6 nitrogen and oxygen atoms in total. The van der Waals surface area contributed by atoms with E-state index in [2.05, 4.69) is 21.5 Å². The third-order valence-electron chi connectivity index (χ3n) is 6.58. The number of nitrogens with one attached hydrogen (secondary N) is 1. The second-order valence-electron chi connectivity index (χ2n) is 8.58. The van der Waals surface area contributed by atoms with Crippen molar-refractivity contribution in [3.05, 3.63) is 29.7 Å². The van der Waals surface area contributed by atoms with Crippen LogP contribution in [0.4, 0.5) is 5.69 Å². The predicted molar refractivity (Wildman–Crippen MR) is 103 cm³/mol. The Labute approximate surface area is 164 Å². The summed E-state index contributed by atoms with van der Waals surface area (Å²) >= 11 is 0. The van der Waals surface area contributed by atoms with Gasteiger partial charge in [0.15, 0.2) is 0 Å². The highest BCUT2D eigenvalue weighted by Gasteiger charge is 2.35. The molecule has 2 aliphatic carbocycles. The van der Waals surface area contributed by atoms with Gasteiger partial charge in [0.05, 0.1) is 12.5 Å². The molecule has 0 bridgehead atoms. The molecule has 2 heterocycles. The van der Waals surface area contributed by atoms with E-state index in [1.807, 2.05) is 18.2 Å². The number of anilines is 1.